The van der Waals surface area contributed by atoms with Crippen molar-refractivity contribution in [2.75, 3.05) is 0 Å². The molecule has 0 radical (unpaired) electrons. The van der Waals surface area contributed by atoms with Crippen molar-refractivity contribution in [3.05, 3.63) is 71.9 Å². The molecule has 0 unspecified atom stereocenters. The number of nitrogens with one attached hydrogen (secondary N) is 1. The molecule has 0 aliphatic carbocycles. The van der Waals surface area contributed by atoms with E-state index in [4.69, 9.17) is 15.0 Å². The van der Waals surface area contributed by atoms with E-state index in [2.05, 4.69) is 10.3 Å². The molecule has 2 amide bonds. The van der Waals surface area contributed by atoms with Crippen LogP contribution in [0.3, 0.4) is 0 Å². The summed E-state index contributed by atoms with van der Waals surface area (Å²) < 4.78 is 12.2. The van der Waals surface area contributed by atoms with Gasteiger partial charge in [0.2, 0.25) is 5.91 Å². The van der Waals surface area contributed by atoms with Gasteiger partial charge in [0.25, 0.3) is 5.91 Å². The Balaban J connectivity index is 1.47. The Morgan fingerprint density at radius 2 is 1.64 bits per heavy atom. The van der Waals surface area contributed by atoms with Gasteiger partial charge in [-0.05, 0) is 50.9 Å². The fourth-order valence-electron chi connectivity index (χ4n) is 3.78. The highest BCUT2D eigenvalue weighted by Crippen LogP contribution is 2.36. The number of para-hydroxylation sites is 1. The molecular formula is C25H28BN3O4. The van der Waals surface area contributed by atoms with Gasteiger partial charge >= 0.3 is 7.12 Å². The fraction of sp³-hybridized carbons (Fsp3) is 0.320. The van der Waals surface area contributed by atoms with Crippen molar-refractivity contribution in [1.29, 1.82) is 0 Å². The number of hydrogen-bond donors (Lipinski definition) is 2. The van der Waals surface area contributed by atoms with Crippen LogP contribution in [0.4, 0.5) is 0 Å². The average Bonchev–Trinajstić information content (AvgIpc) is 3.00. The summed E-state index contributed by atoms with van der Waals surface area (Å²) in [6.07, 6.45) is 1.85. The topological polar surface area (TPSA) is 104 Å². The van der Waals surface area contributed by atoms with Crippen molar-refractivity contribution in [1.82, 2.24) is 10.3 Å². The van der Waals surface area contributed by atoms with E-state index in [9.17, 15) is 9.59 Å². The van der Waals surface area contributed by atoms with Gasteiger partial charge in [0, 0.05) is 18.0 Å². The van der Waals surface area contributed by atoms with Crippen LogP contribution in [-0.4, -0.2) is 41.2 Å². The largest absolute Gasteiger partial charge is 0.494 e. The van der Waals surface area contributed by atoms with E-state index in [1.807, 2.05) is 76.2 Å². The molecule has 1 aliphatic heterocycles. The molecule has 33 heavy (non-hydrogen) atoms. The highest BCUT2D eigenvalue weighted by molar-refractivity contribution is 6.62. The van der Waals surface area contributed by atoms with Crippen molar-refractivity contribution in [2.45, 2.75) is 51.4 Å². The Morgan fingerprint density at radius 3 is 2.27 bits per heavy atom. The number of nitrogens with zero attached hydrogens (tertiary/aromatic N) is 1. The van der Waals surface area contributed by atoms with Crippen molar-refractivity contribution < 1.29 is 18.9 Å². The van der Waals surface area contributed by atoms with Crippen LogP contribution in [0.25, 0.3) is 10.9 Å². The first kappa shape index (κ1) is 23.0. The van der Waals surface area contributed by atoms with Crippen molar-refractivity contribution in [3.8, 4) is 0 Å². The second kappa shape index (κ2) is 8.61. The average molecular weight is 445 g/mol. The molecule has 7 nitrogen and oxygen atoms in total. The minimum Gasteiger partial charge on any atom is -0.399 e. The maximum absolute atomic E-state index is 12.9. The molecule has 0 bridgehead atoms. The lowest BCUT2D eigenvalue weighted by Gasteiger charge is -2.32. The highest BCUT2D eigenvalue weighted by Gasteiger charge is 2.51. The van der Waals surface area contributed by atoms with Crippen molar-refractivity contribution in [2.24, 2.45) is 5.73 Å². The van der Waals surface area contributed by atoms with Gasteiger partial charge < -0.3 is 20.4 Å². The van der Waals surface area contributed by atoms with Crippen LogP contribution in [0.2, 0.25) is 0 Å². The Hall–Kier alpha value is -3.23. The van der Waals surface area contributed by atoms with Gasteiger partial charge in [-0.25, -0.2) is 0 Å². The second-order valence-corrected chi connectivity index (χ2v) is 9.34. The summed E-state index contributed by atoms with van der Waals surface area (Å²) in [5, 5.41) is 3.49. The normalized spacial score (nSPS) is 17.6. The summed E-state index contributed by atoms with van der Waals surface area (Å²) in [6.45, 7) is 8.03. The molecule has 1 fully saturated rings. The third-order valence-corrected chi connectivity index (χ3v) is 6.49. The number of benzene rings is 2. The molecule has 1 saturated heterocycles. The van der Waals surface area contributed by atoms with Gasteiger partial charge in [0.15, 0.2) is 0 Å². The number of primary amides is 1. The van der Waals surface area contributed by atoms with Gasteiger partial charge in [-0.1, -0.05) is 42.5 Å². The van der Waals surface area contributed by atoms with Crippen molar-refractivity contribution in [3.63, 3.8) is 0 Å². The summed E-state index contributed by atoms with van der Waals surface area (Å²) >= 11 is 0. The Kier molecular flexibility index (Phi) is 5.99. The maximum atomic E-state index is 12.9. The van der Waals surface area contributed by atoms with E-state index in [-0.39, 0.29) is 12.3 Å². The number of aromatic nitrogens is 1. The number of rotatable bonds is 6. The lowest BCUT2D eigenvalue weighted by atomic mass is 9.78. The first-order valence-electron chi connectivity index (χ1n) is 11.0. The van der Waals surface area contributed by atoms with E-state index in [0.29, 0.717) is 16.5 Å². The number of pyridine rings is 1. The number of hydrogen-bond acceptors (Lipinski definition) is 5. The molecule has 4 rings (SSSR count). The van der Waals surface area contributed by atoms with Crippen LogP contribution in [-0.2, 0) is 20.5 Å². The third kappa shape index (κ3) is 4.63. The summed E-state index contributed by atoms with van der Waals surface area (Å²) in [7, 11) is -0.462. The maximum Gasteiger partial charge on any atom is 0.494 e. The zero-order chi connectivity index (χ0) is 23.8. The van der Waals surface area contributed by atoms with Gasteiger partial charge in [0.05, 0.1) is 22.3 Å². The highest BCUT2D eigenvalue weighted by atomic mass is 16.7. The summed E-state index contributed by atoms with van der Waals surface area (Å²) in [4.78, 5) is 29.3. The molecular weight excluding hydrogens is 417 g/mol. The lowest BCUT2D eigenvalue weighted by Crippen LogP contribution is -2.46. The van der Waals surface area contributed by atoms with E-state index in [0.717, 1.165) is 11.0 Å². The predicted octanol–water partition coefficient (Wildman–Crippen LogP) is 2.36. The minimum absolute atomic E-state index is 0.272. The Morgan fingerprint density at radius 1 is 1.00 bits per heavy atom. The second-order valence-electron chi connectivity index (χ2n) is 9.34. The number of nitrogens with two attached hydrogens (primary N) is 1. The number of amides is 2. The SMILES string of the molecule is CC1(C)OB(c2ccc(C[C@H](NC(=O)c3ccnc4ccccc34)C(N)=O)cc2)OC1(C)C. The number of carbonyl (C=O) groups is 2. The van der Waals surface area contributed by atoms with Crippen molar-refractivity contribution >= 4 is 35.3 Å². The standard InChI is InChI=1S/C25H28BN3O4/c1-24(2)25(3,4)33-26(32-24)17-11-9-16(10-12-17)15-21(22(27)30)29-23(31)19-13-14-28-20-8-6-5-7-18(19)20/h5-14,21H,15H2,1-4H3,(H2,27,30)(H,29,31)/t21-/m0/s1. The fourth-order valence-corrected chi connectivity index (χ4v) is 3.78. The van der Waals surface area contributed by atoms with Crippen LogP contribution in [0.15, 0.2) is 60.8 Å². The number of fused-ring (bicyclic) bond motifs is 1. The first-order valence-corrected chi connectivity index (χ1v) is 11.0. The van der Waals surface area contributed by atoms with Crippen LogP contribution < -0.4 is 16.5 Å². The Bertz CT molecular complexity index is 1170. The van der Waals surface area contributed by atoms with Crippen LogP contribution in [0.5, 0.6) is 0 Å². The summed E-state index contributed by atoms with van der Waals surface area (Å²) in [5.74, 6) is -0.969. The predicted molar refractivity (Wildman–Crippen MR) is 128 cm³/mol. The van der Waals surface area contributed by atoms with Gasteiger partial charge in [0.1, 0.15) is 6.04 Å². The molecule has 0 spiro atoms. The number of carbonyl (C=O) groups excluding carboxylic acids is 2. The molecule has 0 saturated carbocycles. The zero-order valence-electron chi connectivity index (χ0n) is 19.3. The third-order valence-electron chi connectivity index (χ3n) is 6.49. The van der Waals surface area contributed by atoms with Crippen LogP contribution in [0.1, 0.15) is 43.6 Å². The Labute approximate surface area is 193 Å². The molecule has 3 N–H and O–H groups in total. The first-order chi connectivity index (χ1) is 15.6. The molecule has 1 aliphatic rings. The smallest absolute Gasteiger partial charge is 0.399 e. The molecule has 2 aromatic carbocycles. The molecule has 8 heteroatoms. The van der Waals surface area contributed by atoms with E-state index in [1.54, 1.807) is 12.3 Å². The molecule has 1 atom stereocenters. The summed E-state index contributed by atoms with van der Waals surface area (Å²) in [6, 6.07) is 15.7. The van der Waals surface area contributed by atoms with Gasteiger partial charge in [-0.2, -0.15) is 0 Å². The minimum atomic E-state index is -0.855. The molecule has 2 heterocycles. The zero-order valence-corrected chi connectivity index (χ0v) is 19.3. The van der Waals surface area contributed by atoms with Gasteiger partial charge in [-0.3, -0.25) is 14.6 Å². The molecule has 3 aromatic rings. The van der Waals surface area contributed by atoms with Crippen LogP contribution >= 0.6 is 0 Å². The summed E-state index contributed by atoms with van der Waals surface area (Å²) in [5.41, 5.74) is 7.67. The van der Waals surface area contributed by atoms with E-state index >= 15 is 0 Å². The molecule has 1 aromatic heterocycles. The molecule has 170 valence electrons. The lowest BCUT2D eigenvalue weighted by molar-refractivity contribution is -0.119. The van der Waals surface area contributed by atoms with Crippen LogP contribution in [0, 0.1) is 0 Å². The quantitative estimate of drug-likeness (QED) is 0.567. The van der Waals surface area contributed by atoms with E-state index in [1.165, 1.54) is 0 Å². The van der Waals surface area contributed by atoms with E-state index < -0.39 is 30.3 Å². The monoisotopic (exact) mass is 445 g/mol. The van der Waals surface area contributed by atoms with Gasteiger partial charge in [-0.15, -0.1) is 0 Å².